The smallest absolute Gasteiger partial charge is 0.330 e. The molecule has 110 valence electrons. The maximum Gasteiger partial charge on any atom is 0.336 e. The van der Waals surface area contributed by atoms with E-state index in [0.717, 1.165) is 0 Å². The van der Waals surface area contributed by atoms with Crippen molar-refractivity contribution in [1.82, 2.24) is 5.06 Å². The van der Waals surface area contributed by atoms with E-state index in [1.165, 1.54) is 6.92 Å². The molecule has 6 nitrogen and oxygen atoms in total. The van der Waals surface area contributed by atoms with Gasteiger partial charge < -0.3 is 4.84 Å². The number of hydrogen-bond acceptors (Lipinski definition) is 5. The van der Waals surface area contributed by atoms with Crippen molar-refractivity contribution in [2.75, 3.05) is 0 Å². The Morgan fingerprint density at radius 2 is 1.71 bits per heavy atom. The van der Waals surface area contributed by atoms with Crippen LogP contribution in [0, 0.1) is 5.92 Å². The van der Waals surface area contributed by atoms with Crippen LogP contribution in [0.15, 0.2) is 30.3 Å². The summed E-state index contributed by atoms with van der Waals surface area (Å²) in [6.07, 6.45) is 0.0476. The van der Waals surface area contributed by atoms with Gasteiger partial charge in [0, 0.05) is 24.8 Å². The lowest BCUT2D eigenvalue weighted by atomic mass is 10.00. The first-order valence-corrected chi connectivity index (χ1v) is 6.65. The lowest BCUT2D eigenvalue weighted by molar-refractivity contribution is -0.200. The first kappa shape index (κ1) is 14.9. The molecule has 21 heavy (non-hydrogen) atoms. The second-order valence-electron chi connectivity index (χ2n) is 4.89. The summed E-state index contributed by atoms with van der Waals surface area (Å²) in [6, 6.07) is 8.58. The van der Waals surface area contributed by atoms with Gasteiger partial charge in [0.2, 0.25) is 0 Å². The van der Waals surface area contributed by atoms with Crippen LogP contribution in [-0.2, 0) is 19.2 Å². The minimum atomic E-state index is -0.761. The number of rotatable bonds is 5. The second-order valence-corrected chi connectivity index (χ2v) is 4.89. The highest BCUT2D eigenvalue weighted by molar-refractivity contribution is 6.02. The summed E-state index contributed by atoms with van der Waals surface area (Å²) < 4.78 is 0. The molecule has 0 aliphatic carbocycles. The number of amides is 2. The van der Waals surface area contributed by atoms with Crippen molar-refractivity contribution >= 4 is 23.6 Å². The van der Waals surface area contributed by atoms with Gasteiger partial charge in [-0.2, -0.15) is 0 Å². The Balaban J connectivity index is 1.92. The molecule has 0 aromatic heterocycles. The lowest BCUT2D eigenvalue weighted by Gasteiger charge is -2.15. The van der Waals surface area contributed by atoms with Gasteiger partial charge in [-0.3, -0.25) is 14.4 Å². The van der Waals surface area contributed by atoms with Crippen LogP contribution in [0.3, 0.4) is 0 Å². The number of hydrogen-bond donors (Lipinski definition) is 0. The minimum Gasteiger partial charge on any atom is -0.330 e. The predicted molar refractivity (Wildman–Crippen MR) is 71.7 cm³/mol. The number of ketones is 1. The number of hydroxylamine groups is 2. The normalized spacial score (nSPS) is 16.0. The van der Waals surface area contributed by atoms with E-state index in [0.29, 0.717) is 10.6 Å². The summed E-state index contributed by atoms with van der Waals surface area (Å²) in [5.41, 5.74) is 0.505. The average molecular weight is 289 g/mol. The summed E-state index contributed by atoms with van der Waals surface area (Å²) >= 11 is 0. The van der Waals surface area contributed by atoms with Crippen molar-refractivity contribution in [3.8, 4) is 0 Å². The maximum absolute atomic E-state index is 12.0. The van der Waals surface area contributed by atoms with Crippen LogP contribution in [-0.4, -0.2) is 28.6 Å². The van der Waals surface area contributed by atoms with E-state index in [-0.39, 0.29) is 25.0 Å². The molecular formula is C15H15NO5. The minimum absolute atomic E-state index is 0.0426. The fourth-order valence-corrected chi connectivity index (χ4v) is 1.94. The van der Waals surface area contributed by atoms with E-state index in [4.69, 9.17) is 4.84 Å². The van der Waals surface area contributed by atoms with Crippen molar-refractivity contribution in [3.63, 3.8) is 0 Å². The topological polar surface area (TPSA) is 80.8 Å². The highest BCUT2D eigenvalue weighted by Crippen LogP contribution is 2.16. The van der Waals surface area contributed by atoms with Gasteiger partial charge in [0.15, 0.2) is 5.78 Å². The third-order valence-electron chi connectivity index (χ3n) is 3.18. The Labute approximate surface area is 121 Å². The zero-order valence-electron chi connectivity index (χ0n) is 11.6. The fraction of sp³-hybridized carbons (Fsp3) is 0.333. The molecule has 0 unspecified atom stereocenters. The number of carbonyl (C=O) groups is 4. The van der Waals surface area contributed by atoms with E-state index in [2.05, 4.69) is 0 Å². The van der Waals surface area contributed by atoms with Crippen LogP contribution in [0.2, 0.25) is 0 Å². The summed E-state index contributed by atoms with van der Waals surface area (Å²) in [4.78, 5) is 51.3. The van der Waals surface area contributed by atoms with Gasteiger partial charge in [0.05, 0.1) is 5.92 Å². The molecular weight excluding hydrogens is 274 g/mol. The Kier molecular flexibility index (Phi) is 4.47. The Morgan fingerprint density at radius 1 is 1.14 bits per heavy atom. The van der Waals surface area contributed by atoms with Gasteiger partial charge in [0.1, 0.15) is 0 Å². The first-order valence-electron chi connectivity index (χ1n) is 6.65. The number of carbonyl (C=O) groups excluding carboxylic acids is 4. The van der Waals surface area contributed by atoms with Gasteiger partial charge >= 0.3 is 5.97 Å². The molecule has 1 aromatic rings. The molecule has 1 heterocycles. The molecule has 2 amide bonds. The van der Waals surface area contributed by atoms with Gasteiger partial charge in [0.25, 0.3) is 11.8 Å². The number of benzene rings is 1. The predicted octanol–water partition coefficient (Wildman–Crippen LogP) is 1.50. The molecule has 0 spiro atoms. The zero-order chi connectivity index (χ0) is 15.4. The van der Waals surface area contributed by atoms with E-state index >= 15 is 0 Å². The average Bonchev–Trinajstić information content (AvgIpc) is 2.79. The first-order chi connectivity index (χ1) is 9.99. The van der Waals surface area contributed by atoms with E-state index in [1.54, 1.807) is 30.3 Å². The molecule has 0 N–H and O–H groups in total. The van der Waals surface area contributed by atoms with Crippen LogP contribution in [0.5, 0.6) is 0 Å². The molecule has 0 radical (unpaired) electrons. The van der Waals surface area contributed by atoms with Crippen LogP contribution >= 0.6 is 0 Å². The Morgan fingerprint density at radius 3 is 2.29 bits per heavy atom. The fourth-order valence-electron chi connectivity index (χ4n) is 1.94. The molecule has 1 aliphatic heterocycles. The van der Waals surface area contributed by atoms with E-state index in [1.807, 2.05) is 0 Å². The third-order valence-corrected chi connectivity index (χ3v) is 3.18. The molecule has 1 aromatic carbocycles. The molecule has 2 rings (SSSR count). The molecule has 1 atom stereocenters. The third kappa shape index (κ3) is 3.53. The van der Waals surface area contributed by atoms with E-state index in [9.17, 15) is 19.2 Å². The van der Waals surface area contributed by atoms with Crippen LogP contribution in [0.1, 0.15) is 36.5 Å². The van der Waals surface area contributed by atoms with Crippen molar-refractivity contribution in [3.05, 3.63) is 35.9 Å². The van der Waals surface area contributed by atoms with Crippen molar-refractivity contribution in [2.24, 2.45) is 5.92 Å². The lowest BCUT2D eigenvalue weighted by Crippen LogP contribution is -2.34. The van der Waals surface area contributed by atoms with Gasteiger partial charge in [-0.1, -0.05) is 37.3 Å². The van der Waals surface area contributed by atoms with Crippen LogP contribution < -0.4 is 0 Å². The maximum atomic E-state index is 12.0. The number of imide groups is 1. The highest BCUT2D eigenvalue weighted by atomic mass is 16.7. The van der Waals surface area contributed by atoms with Gasteiger partial charge in [-0.05, 0) is 0 Å². The van der Waals surface area contributed by atoms with Crippen LogP contribution in [0.25, 0.3) is 0 Å². The zero-order valence-corrected chi connectivity index (χ0v) is 11.6. The highest BCUT2D eigenvalue weighted by Gasteiger charge is 2.34. The Bertz CT molecular complexity index is 565. The Hall–Kier alpha value is -2.50. The number of Topliss-reactive ketones (excluding diaryl/α,β-unsaturated/α-hetero) is 1. The molecule has 1 aliphatic rings. The molecule has 1 fully saturated rings. The van der Waals surface area contributed by atoms with Crippen molar-refractivity contribution < 1.29 is 24.0 Å². The summed E-state index contributed by atoms with van der Waals surface area (Å²) in [5.74, 6) is -2.76. The van der Waals surface area contributed by atoms with Gasteiger partial charge in [-0.15, -0.1) is 5.06 Å². The quantitative estimate of drug-likeness (QED) is 0.606. The monoisotopic (exact) mass is 289 g/mol. The number of nitrogens with zero attached hydrogens (tertiary/aromatic N) is 1. The van der Waals surface area contributed by atoms with Gasteiger partial charge in [-0.25, -0.2) is 4.79 Å². The SMILES string of the molecule is C[C@@H](CC(=O)c1ccccc1)C(=O)ON1C(=O)CCC1=O. The molecule has 0 bridgehead atoms. The van der Waals surface area contributed by atoms with Crippen molar-refractivity contribution in [2.45, 2.75) is 26.2 Å². The molecule has 6 heteroatoms. The second kappa shape index (κ2) is 6.30. The van der Waals surface area contributed by atoms with Crippen LogP contribution in [0.4, 0.5) is 0 Å². The summed E-state index contributed by atoms with van der Waals surface area (Å²) in [6.45, 7) is 1.52. The van der Waals surface area contributed by atoms with Crippen molar-refractivity contribution in [1.29, 1.82) is 0 Å². The van der Waals surface area contributed by atoms with E-state index < -0.39 is 23.7 Å². The largest absolute Gasteiger partial charge is 0.336 e. The standard InChI is InChI=1S/C15H15NO5/c1-10(9-12(17)11-5-3-2-4-6-11)15(20)21-16-13(18)7-8-14(16)19/h2-6,10H,7-9H2,1H3/t10-/m0/s1. The summed E-state index contributed by atoms with van der Waals surface area (Å²) in [7, 11) is 0. The molecule has 1 saturated heterocycles. The molecule has 0 saturated carbocycles. The summed E-state index contributed by atoms with van der Waals surface area (Å²) in [5, 5.41) is 0.492.